The zero-order valence-electron chi connectivity index (χ0n) is 11.2. The van der Waals surface area contributed by atoms with Gasteiger partial charge in [-0.25, -0.2) is 4.79 Å². The van der Waals surface area contributed by atoms with Crippen LogP contribution in [0.5, 0.6) is 0 Å². The van der Waals surface area contributed by atoms with E-state index in [0.29, 0.717) is 6.54 Å². The molecule has 0 aliphatic carbocycles. The number of rotatable bonds is 3. The Kier molecular flexibility index (Phi) is 4.98. The SMILES string of the molecule is Cc1ccccc1CNC(=O)NC=C1CCOCC1. The van der Waals surface area contributed by atoms with Gasteiger partial charge in [0.1, 0.15) is 0 Å². The summed E-state index contributed by atoms with van der Waals surface area (Å²) >= 11 is 0. The van der Waals surface area contributed by atoms with E-state index in [0.717, 1.165) is 31.6 Å². The third kappa shape index (κ3) is 4.41. The molecule has 0 saturated carbocycles. The number of ether oxygens (including phenoxy) is 1. The van der Waals surface area contributed by atoms with E-state index >= 15 is 0 Å². The molecule has 1 saturated heterocycles. The van der Waals surface area contributed by atoms with E-state index in [9.17, 15) is 4.79 Å². The van der Waals surface area contributed by atoms with Crippen LogP contribution in [0.4, 0.5) is 4.79 Å². The second kappa shape index (κ2) is 6.95. The summed E-state index contributed by atoms with van der Waals surface area (Å²) in [5, 5.41) is 5.63. The largest absolute Gasteiger partial charge is 0.381 e. The molecule has 1 aromatic rings. The number of nitrogens with one attached hydrogen (secondary N) is 2. The normalized spacial score (nSPS) is 14.9. The van der Waals surface area contributed by atoms with Gasteiger partial charge in [-0.3, -0.25) is 0 Å². The summed E-state index contributed by atoms with van der Waals surface area (Å²) in [7, 11) is 0. The van der Waals surface area contributed by atoms with E-state index in [2.05, 4.69) is 10.6 Å². The van der Waals surface area contributed by atoms with Gasteiger partial charge in [0.25, 0.3) is 0 Å². The molecule has 102 valence electrons. The van der Waals surface area contributed by atoms with Gasteiger partial charge in [0.05, 0.1) is 13.2 Å². The van der Waals surface area contributed by atoms with Crippen molar-refractivity contribution < 1.29 is 9.53 Å². The first kappa shape index (κ1) is 13.6. The molecule has 1 aliphatic rings. The third-order valence-electron chi connectivity index (χ3n) is 3.24. The number of urea groups is 1. The first-order chi connectivity index (χ1) is 9.25. The first-order valence-corrected chi connectivity index (χ1v) is 6.60. The van der Waals surface area contributed by atoms with Crippen molar-refractivity contribution in [3.05, 3.63) is 47.2 Å². The van der Waals surface area contributed by atoms with Gasteiger partial charge in [-0.15, -0.1) is 0 Å². The fraction of sp³-hybridized carbons (Fsp3) is 0.400. The maximum absolute atomic E-state index is 11.7. The van der Waals surface area contributed by atoms with Gasteiger partial charge in [0.15, 0.2) is 0 Å². The Hall–Kier alpha value is -1.81. The Morgan fingerprint density at radius 3 is 2.79 bits per heavy atom. The molecule has 4 nitrogen and oxygen atoms in total. The number of carbonyl (C=O) groups is 1. The minimum Gasteiger partial charge on any atom is -0.381 e. The van der Waals surface area contributed by atoms with Gasteiger partial charge < -0.3 is 15.4 Å². The summed E-state index contributed by atoms with van der Waals surface area (Å²) in [6.07, 6.45) is 3.60. The van der Waals surface area contributed by atoms with Gasteiger partial charge in [-0.05, 0) is 36.5 Å². The number of amides is 2. The van der Waals surface area contributed by atoms with Gasteiger partial charge in [0.2, 0.25) is 0 Å². The van der Waals surface area contributed by atoms with E-state index in [4.69, 9.17) is 4.74 Å². The molecule has 1 aliphatic heterocycles. The van der Waals surface area contributed by atoms with Crippen LogP contribution in [-0.2, 0) is 11.3 Å². The highest BCUT2D eigenvalue weighted by Crippen LogP contribution is 2.11. The molecule has 19 heavy (non-hydrogen) atoms. The van der Waals surface area contributed by atoms with E-state index in [1.807, 2.05) is 31.2 Å². The summed E-state index contributed by atoms with van der Waals surface area (Å²) in [4.78, 5) is 11.7. The molecule has 0 unspecified atom stereocenters. The number of benzene rings is 1. The Balaban J connectivity index is 1.77. The van der Waals surface area contributed by atoms with E-state index in [1.165, 1.54) is 11.1 Å². The minimum absolute atomic E-state index is 0.165. The van der Waals surface area contributed by atoms with Crippen LogP contribution in [0.3, 0.4) is 0 Å². The molecule has 1 fully saturated rings. The van der Waals surface area contributed by atoms with Crippen molar-refractivity contribution in [3.8, 4) is 0 Å². The van der Waals surface area contributed by atoms with E-state index < -0.39 is 0 Å². The fourth-order valence-corrected chi connectivity index (χ4v) is 1.98. The second-order valence-corrected chi connectivity index (χ2v) is 4.67. The smallest absolute Gasteiger partial charge is 0.319 e. The third-order valence-corrected chi connectivity index (χ3v) is 3.24. The lowest BCUT2D eigenvalue weighted by atomic mass is 10.1. The second-order valence-electron chi connectivity index (χ2n) is 4.67. The van der Waals surface area contributed by atoms with E-state index in [1.54, 1.807) is 6.20 Å². The highest BCUT2D eigenvalue weighted by atomic mass is 16.5. The van der Waals surface area contributed by atoms with Gasteiger partial charge in [0, 0.05) is 12.7 Å². The molecular formula is C15H20N2O2. The molecule has 1 aromatic carbocycles. The first-order valence-electron chi connectivity index (χ1n) is 6.60. The van der Waals surface area contributed by atoms with Crippen LogP contribution in [0.1, 0.15) is 24.0 Å². The van der Waals surface area contributed by atoms with Crippen molar-refractivity contribution in [2.45, 2.75) is 26.3 Å². The monoisotopic (exact) mass is 260 g/mol. The van der Waals surface area contributed by atoms with Crippen LogP contribution in [-0.4, -0.2) is 19.2 Å². The average molecular weight is 260 g/mol. The maximum atomic E-state index is 11.7. The van der Waals surface area contributed by atoms with Crippen molar-refractivity contribution in [1.29, 1.82) is 0 Å². The maximum Gasteiger partial charge on any atom is 0.319 e. The Morgan fingerprint density at radius 2 is 2.05 bits per heavy atom. The van der Waals surface area contributed by atoms with Gasteiger partial charge >= 0.3 is 6.03 Å². The average Bonchev–Trinajstić information content (AvgIpc) is 2.45. The van der Waals surface area contributed by atoms with Crippen LogP contribution >= 0.6 is 0 Å². The van der Waals surface area contributed by atoms with Crippen LogP contribution in [0.2, 0.25) is 0 Å². The zero-order valence-corrected chi connectivity index (χ0v) is 11.2. The van der Waals surface area contributed by atoms with E-state index in [-0.39, 0.29) is 6.03 Å². The highest BCUT2D eigenvalue weighted by Gasteiger charge is 2.06. The number of aryl methyl sites for hydroxylation is 1. The Labute approximate surface area is 113 Å². The molecule has 0 aromatic heterocycles. The standard InChI is InChI=1S/C15H20N2O2/c1-12-4-2-3-5-14(12)11-17-15(18)16-10-13-6-8-19-9-7-13/h2-5,10H,6-9,11H2,1H3,(H2,16,17,18). The molecule has 0 spiro atoms. The molecule has 1 heterocycles. The lowest BCUT2D eigenvalue weighted by Gasteiger charge is -2.14. The minimum atomic E-state index is -0.165. The summed E-state index contributed by atoms with van der Waals surface area (Å²) < 4.78 is 5.26. The molecule has 0 bridgehead atoms. The lowest BCUT2D eigenvalue weighted by molar-refractivity contribution is 0.119. The van der Waals surface area contributed by atoms with Crippen molar-refractivity contribution >= 4 is 6.03 Å². The fourth-order valence-electron chi connectivity index (χ4n) is 1.98. The van der Waals surface area contributed by atoms with Crippen LogP contribution in [0.25, 0.3) is 0 Å². The zero-order chi connectivity index (χ0) is 13.5. The molecular weight excluding hydrogens is 240 g/mol. The van der Waals surface area contributed by atoms with Crippen molar-refractivity contribution in [1.82, 2.24) is 10.6 Å². The molecule has 2 amide bonds. The van der Waals surface area contributed by atoms with Crippen LogP contribution in [0.15, 0.2) is 36.0 Å². The molecule has 4 heteroatoms. The van der Waals surface area contributed by atoms with Crippen LogP contribution in [0, 0.1) is 6.92 Å². The highest BCUT2D eigenvalue weighted by molar-refractivity contribution is 5.75. The Bertz CT molecular complexity index is 461. The molecule has 0 radical (unpaired) electrons. The summed E-state index contributed by atoms with van der Waals surface area (Å²) in [5.74, 6) is 0. The molecule has 0 atom stereocenters. The summed E-state index contributed by atoms with van der Waals surface area (Å²) in [5.41, 5.74) is 3.55. The number of carbonyl (C=O) groups excluding carboxylic acids is 1. The number of hydrogen-bond donors (Lipinski definition) is 2. The lowest BCUT2D eigenvalue weighted by Crippen LogP contribution is -2.32. The van der Waals surface area contributed by atoms with Crippen molar-refractivity contribution in [2.24, 2.45) is 0 Å². The molecule has 2 N–H and O–H groups in total. The van der Waals surface area contributed by atoms with Gasteiger partial charge in [-0.1, -0.05) is 24.3 Å². The Morgan fingerprint density at radius 1 is 1.32 bits per heavy atom. The topological polar surface area (TPSA) is 50.4 Å². The summed E-state index contributed by atoms with van der Waals surface area (Å²) in [6.45, 7) is 4.08. The van der Waals surface area contributed by atoms with Crippen molar-refractivity contribution in [2.75, 3.05) is 13.2 Å². The summed E-state index contributed by atoms with van der Waals surface area (Å²) in [6, 6.07) is 7.87. The predicted octanol–water partition coefficient (Wildman–Crippen LogP) is 2.49. The molecule has 2 rings (SSSR count). The quantitative estimate of drug-likeness (QED) is 0.877. The van der Waals surface area contributed by atoms with Crippen molar-refractivity contribution in [3.63, 3.8) is 0 Å². The van der Waals surface area contributed by atoms with Crippen LogP contribution < -0.4 is 10.6 Å². The predicted molar refractivity (Wildman–Crippen MR) is 74.7 cm³/mol. The number of hydrogen-bond acceptors (Lipinski definition) is 2. The van der Waals surface area contributed by atoms with Gasteiger partial charge in [-0.2, -0.15) is 0 Å².